The third-order valence-electron chi connectivity index (χ3n) is 2.01. The summed E-state index contributed by atoms with van der Waals surface area (Å²) in [5.74, 6) is 0.887. The van der Waals surface area contributed by atoms with Crippen molar-refractivity contribution < 1.29 is 9.59 Å². The van der Waals surface area contributed by atoms with Crippen molar-refractivity contribution in [1.82, 2.24) is 4.90 Å². The van der Waals surface area contributed by atoms with E-state index in [1.807, 2.05) is 0 Å². The van der Waals surface area contributed by atoms with Crippen LogP contribution in [0.15, 0.2) is 12.2 Å². The Morgan fingerprint density at radius 1 is 1.27 bits per heavy atom. The first-order valence-electron chi connectivity index (χ1n) is 4.99. The minimum atomic E-state index is 0.0647. The molecule has 3 nitrogen and oxygen atoms in total. The smallest absolute Gasteiger partial charge is 0.219 e. The number of hydrogen-bond donors (Lipinski definition) is 0. The summed E-state index contributed by atoms with van der Waals surface area (Å²) in [4.78, 5) is 23.7. The van der Waals surface area contributed by atoms with Crippen LogP contribution in [0, 0.1) is 0 Å². The molecule has 0 aromatic carbocycles. The Bertz CT molecular complexity index is 251. The van der Waals surface area contributed by atoms with Gasteiger partial charge in [0.05, 0.1) is 0 Å². The molecule has 86 valence electrons. The van der Waals surface area contributed by atoms with Crippen molar-refractivity contribution in [3.8, 4) is 0 Å². The van der Waals surface area contributed by atoms with E-state index in [0.717, 1.165) is 25.1 Å². The van der Waals surface area contributed by atoms with E-state index in [1.165, 1.54) is 11.8 Å². The normalized spacial score (nSPS) is 9.80. The molecular formula is C11H19NO2S. The third-order valence-corrected chi connectivity index (χ3v) is 3.11. The lowest BCUT2D eigenvalue weighted by molar-refractivity contribution is -0.127. The van der Waals surface area contributed by atoms with Crippen molar-refractivity contribution in [1.29, 1.82) is 0 Å². The predicted molar refractivity (Wildman–Crippen MR) is 64.8 cm³/mol. The monoisotopic (exact) mass is 229 g/mol. The average molecular weight is 229 g/mol. The van der Waals surface area contributed by atoms with E-state index in [9.17, 15) is 9.59 Å². The van der Waals surface area contributed by atoms with Crippen LogP contribution in [0.1, 0.15) is 26.7 Å². The number of carbonyl (C=O) groups is 2. The Hall–Kier alpha value is -0.770. The van der Waals surface area contributed by atoms with Crippen LogP contribution in [-0.2, 0) is 9.59 Å². The number of hydrogen-bond acceptors (Lipinski definition) is 3. The summed E-state index contributed by atoms with van der Waals surface area (Å²) < 4.78 is 0. The van der Waals surface area contributed by atoms with Crippen LogP contribution in [-0.4, -0.2) is 35.3 Å². The molecule has 0 unspecified atom stereocenters. The van der Waals surface area contributed by atoms with Gasteiger partial charge in [0.15, 0.2) is 0 Å². The molecule has 0 aromatic rings. The Morgan fingerprint density at radius 2 is 1.87 bits per heavy atom. The maximum absolute atomic E-state index is 11.1. The van der Waals surface area contributed by atoms with Crippen LogP contribution in [0.5, 0.6) is 0 Å². The molecule has 1 amide bonds. The van der Waals surface area contributed by atoms with E-state index in [0.29, 0.717) is 5.57 Å². The molecule has 0 saturated heterocycles. The SMILES string of the molecule is C=C(C)C(=O)SCCCCN(C)C(C)=O. The Kier molecular flexibility index (Phi) is 7.13. The Labute approximate surface area is 95.9 Å². The van der Waals surface area contributed by atoms with E-state index >= 15 is 0 Å². The van der Waals surface area contributed by atoms with Crippen LogP contribution >= 0.6 is 11.8 Å². The number of rotatable bonds is 6. The third kappa shape index (κ3) is 7.19. The maximum Gasteiger partial charge on any atom is 0.219 e. The molecule has 0 aliphatic carbocycles. The highest BCUT2D eigenvalue weighted by atomic mass is 32.2. The summed E-state index contributed by atoms with van der Waals surface area (Å²) in [6, 6.07) is 0. The van der Waals surface area contributed by atoms with Crippen LogP contribution in [0.2, 0.25) is 0 Å². The molecule has 0 atom stereocenters. The maximum atomic E-state index is 11.1. The summed E-state index contributed by atoms with van der Waals surface area (Å²) >= 11 is 1.30. The molecule has 0 saturated carbocycles. The lowest BCUT2D eigenvalue weighted by Crippen LogP contribution is -2.24. The topological polar surface area (TPSA) is 37.4 Å². The molecule has 0 aromatic heterocycles. The second kappa shape index (κ2) is 7.51. The second-order valence-electron chi connectivity index (χ2n) is 3.56. The largest absolute Gasteiger partial charge is 0.346 e. The molecule has 0 bridgehead atoms. The van der Waals surface area contributed by atoms with E-state index in [2.05, 4.69) is 6.58 Å². The van der Waals surface area contributed by atoms with Gasteiger partial charge in [-0.25, -0.2) is 0 Å². The quantitative estimate of drug-likeness (QED) is 0.517. The van der Waals surface area contributed by atoms with E-state index in [4.69, 9.17) is 0 Å². The number of amides is 1. The van der Waals surface area contributed by atoms with Crippen LogP contribution in [0.4, 0.5) is 0 Å². The predicted octanol–water partition coefficient (Wildman–Crippen LogP) is 2.08. The molecule has 0 radical (unpaired) electrons. The first-order chi connectivity index (χ1) is 6.95. The zero-order valence-corrected chi connectivity index (χ0v) is 10.5. The molecule has 0 aliphatic rings. The van der Waals surface area contributed by atoms with Crippen LogP contribution in [0.25, 0.3) is 0 Å². The molecule has 4 heteroatoms. The van der Waals surface area contributed by atoms with Gasteiger partial charge in [-0.1, -0.05) is 18.3 Å². The van der Waals surface area contributed by atoms with Gasteiger partial charge in [-0.05, 0) is 25.3 Å². The van der Waals surface area contributed by atoms with E-state index in [-0.39, 0.29) is 11.0 Å². The lowest BCUT2D eigenvalue weighted by Gasteiger charge is -2.13. The summed E-state index contributed by atoms with van der Waals surface area (Å²) in [5, 5.41) is 0.0647. The van der Waals surface area contributed by atoms with Crippen molar-refractivity contribution in [2.75, 3.05) is 19.3 Å². The fourth-order valence-corrected chi connectivity index (χ4v) is 1.68. The molecule has 0 aliphatic heterocycles. The van der Waals surface area contributed by atoms with Gasteiger partial charge < -0.3 is 4.90 Å². The lowest BCUT2D eigenvalue weighted by atomic mass is 10.3. The highest BCUT2D eigenvalue weighted by Crippen LogP contribution is 2.11. The highest BCUT2D eigenvalue weighted by Gasteiger charge is 2.04. The average Bonchev–Trinajstić information content (AvgIpc) is 2.16. The Morgan fingerprint density at radius 3 is 2.33 bits per heavy atom. The molecule has 0 fully saturated rings. The van der Waals surface area contributed by atoms with Gasteiger partial charge >= 0.3 is 0 Å². The van der Waals surface area contributed by atoms with E-state index in [1.54, 1.807) is 25.8 Å². The van der Waals surface area contributed by atoms with Gasteiger partial charge in [-0.3, -0.25) is 9.59 Å². The summed E-state index contributed by atoms with van der Waals surface area (Å²) in [5.41, 5.74) is 0.598. The van der Waals surface area contributed by atoms with Gasteiger partial charge in [0.25, 0.3) is 0 Å². The number of unbranched alkanes of at least 4 members (excludes halogenated alkanes) is 1. The van der Waals surface area contributed by atoms with Gasteiger partial charge in [0.1, 0.15) is 0 Å². The first kappa shape index (κ1) is 14.2. The van der Waals surface area contributed by atoms with Crippen molar-refractivity contribution in [2.24, 2.45) is 0 Å². The second-order valence-corrected chi connectivity index (χ2v) is 4.63. The summed E-state index contributed by atoms with van der Waals surface area (Å²) in [6.45, 7) is 7.62. The molecule has 0 rings (SSSR count). The summed E-state index contributed by atoms with van der Waals surface area (Å²) in [6.07, 6.45) is 1.88. The van der Waals surface area contributed by atoms with Gasteiger partial charge in [0, 0.05) is 26.3 Å². The molecule has 0 N–H and O–H groups in total. The van der Waals surface area contributed by atoms with E-state index < -0.39 is 0 Å². The van der Waals surface area contributed by atoms with Crippen LogP contribution < -0.4 is 0 Å². The number of carbonyl (C=O) groups excluding carboxylic acids is 2. The zero-order valence-electron chi connectivity index (χ0n) is 9.71. The minimum Gasteiger partial charge on any atom is -0.346 e. The molecule has 0 heterocycles. The molecular weight excluding hydrogens is 210 g/mol. The molecule has 15 heavy (non-hydrogen) atoms. The first-order valence-corrected chi connectivity index (χ1v) is 5.98. The van der Waals surface area contributed by atoms with Gasteiger partial charge in [-0.2, -0.15) is 0 Å². The van der Waals surface area contributed by atoms with Crippen molar-refractivity contribution >= 4 is 22.8 Å². The highest BCUT2D eigenvalue weighted by molar-refractivity contribution is 8.14. The van der Waals surface area contributed by atoms with Gasteiger partial charge in [-0.15, -0.1) is 0 Å². The van der Waals surface area contributed by atoms with Gasteiger partial charge in [0.2, 0.25) is 11.0 Å². The summed E-state index contributed by atoms with van der Waals surface area (Å²) in [7, 11) is 1.79. The number of nitrogens with zero attached hydrogens (tertiary/aromatic N) is 1. The zero-order chi connectivity index (χ0) is 11.8. The molecule has 0 spiro atoms. The standard InChI is InChI=1S/C11H19NO2S/c1-9(2)11(14)15-8-6-5-7-12(4)10(3)13/h1,5-8H2,2-4H3. The number of thioether (sulfide) groups is 1. The van der Waals surface area contributed by atoms with Crippen molar-refractivity contribution in [3.05, 3.63) is 12.2 Å². The minimum absolute atomic E-state index is 0.0647. The fourth-order valence-electron chi connectivity index (χ4n) is 0.897. The Balaban J connectivity index is 3.44. The van der Waals surface area contributed by atoms with Crippen molar-refractivity contribution in [2.45, 2.75) is 26.7 Å². The van der Waals surface area contributed by atoms with Crippen molar-refractivity contribution in [3.63, 3.8) is 0 Å². The van der Waals surface area contributed by atoms with Crippen LogP contribution in [0.3, 0.4) is 0 Å². The fraction of sp³-hybridized carbons (Fsp3) is 0.636.